The third-order valence-electron chi connectivity index (χ3n) is 2.11. The van der Waals surface area contributed by atoms with E-state index in [2.05, 4.69) is 9.97 Å². The molecule has 0 aliphatic carbocycles. The summed E-state index contributed by atoms with van der Waals surface area (Å²) < 4.78 is 1.02. The monoisotopic (exact) mass is 237 g/mol. The topological polar surface area (TPSA) is 66.3 Å². The van der Waals surface area contributed by atoms with Gasteiger partial charge in [0.25, 0.3) is 0 Å². The van der Waals surface area contributed by atoms with Gasteiger partial charge >= 0.3 is 5.97 Å². The molecule has 0 atom stereocenters. The van der Waals surface area contributed by atoms with Crippen LogP contribution in [0.5, 0.6) is 0 Å². The van der Waals surface area contributed by atoms with Crippen molar-refractivity contribution in [1.82, 2.24) is 9.97 Å². The molecule has 0 fully saturated rings. The van der Waals surface area contributed by atoms with Gasteiger partial charge in [-0.3, -0.25) is 4.79 Å². The van der Waals surface area contributed by atoms with Crippen molar-refractivity contribution >= 4 is 33.5 Å². The average molecular weight is 237 g/mol. The number of rotatable bonds is 3. The Balaban J connectivity index is 2.34. The number of nitrogens with zero attached hydrogens (tertiary/aromatic N) is 3. The summed E-state index contributed by atoms with van der Waals surface area (Å²) in [6, 6.07) is 3.73. The predicted octanol–water partition coefficient (Wildman–Crippen LogP) is 1.52. The quantitative estimate of drug-likeness (QED) is 0.876. The summed E-state index contributed by atoms with van der Waals surface area (Å²) in [6.45, 7) is 1.86. The van der Waals surface area contributed by atoms with E-state index in [9.17, 15) is 4.79 Å². The summed E-state index contributed by atoms with van der Waals surface area (Å²) in [5.74, 6) is -0.251. The molecule has 0 amide bonds. The van der Waals surface area contributed by atoms with Crippen molar-refractivity contribution in [2.24, 2.45) is 0 Å². The van der Waals surface area contributed by atoms with Gasteiger partial charge in [0, 0.05) is 7.05 Å². The lowest BCUT2D eigenvalue weighted by atomic mass is 10.4. The normalized spacial score (nSPS) is 10.6. The number of carbonyl (C=O) groups is 1. The second-order valence-electron chi connectivity index (χ2n) is 3.47. The van der Waals surface area contributed by atoms with Crippen LogP contribution in [0, 0.1) is 6.92 Å². The molecule has 0 unspecified atom stereocenters. The highest BCUT2D eigenvalue weighted by Gasteiger charge is 2.09. The van der Waals surface area contributed by atoms with Crippen LogP contribution in [0.4, 0.5) is 5.82 Å². The smallest absolute Gasteiger partial charge is 0.323 e. The van der Waals surface area contributed by atoms with E-state index in [1.165, 1.54) is 0 Å². The standard InChI is InChI=1S/C10H11N3O2S/c1-6-11-10-7(16-6)3-4-8(12-10)13(2)5-9(14)15/h3-4H,5H2,1-2H3,(H,14,15). The maximum Gasteiger partial charge on any atom is 0.323 e. The number of aliphatic carboxylic acids is 1. The molecule has 0 aliphatic heterocycles. The summed E-state index contributed by atoms with van der Waals surface area (Å²) in [6.07, 6.45) is 0. The Hall–Kier alpha value is -1.69. The Morgan fingerprint density at radius 3 is 2.94 bits per heavy atom. The number of thiazole rings is 1. The number of anilines is 1. The number of likely N-dealkylation sites (N-methyl/N-ethyl adjacent to an activating group) is 1. The molecule has 84 valence electrons. The molecule has 0 saturated heterocycles. The Kier molecular flexibility index (Phi) is 2.74. The number of fused-ring (bicyclic) bond motifs is 1. The molecule has 1 N–H and O–H groups in total. The van der Waals surface area contributed by atoms with E-state index in [4.69, 9.17) is 5.11 Å². The van der Waals surface area contributed by atoms with E-state index in [0.717, 1.165) is 9.71 Å². The molecule has 0 radical (unpaired) electrons. The van der Waals surface area contributed by atoms with Crippen LogP contribution in [-0.2, 0) is 4.79 Å². The fourth-order valence-electron chi connectivity index (χ4n) is 1.41. The molecule has 16 heavy (non-hydrogen) atoms. The number of hydrogen-bond donors (Lipinski definition) is 1. The van der Waals surface area contributed by atoms with Crippen LogP contribution in [0.1, 0.15) is 5.01 Å². The van der Waals surface area contributed by atoms with Gasteiger partial charge in [0.15, 0.2) is 5.65 Å². The molecule has 2 aromatic heterocycles. The molecule has 0 aliphatic rings. The zero-order valence-electron chi connectivity index (χ0n) is 8.97. The minimum atomic E-state index is -0.876. The van der Waals surface area contributed by atoms with Crippen molar-refractivity contribution < 1.29 is 9.90 Å². The first-order chi connectivity index (χ1) is 7.56. The second-order valence-corrected chi connectivity index (χ2v) is 4.71. The fraction of sp³-hybridized carbons (Fsp3) is 0.300. The van der Waals surface area contributed by atoms with Crippen LogP contribution in [0.15, 0.2) is 12.1 Å². The van der Waals surface area contributed by atoms with Crippen molar-refractivity contribution in [3.63, 3.8) is 0 Å². The van der Waals surface area contributed by atoms with Gasteiger partial charge in [0.1, 0.15) is 12.4 Å². The van der Waals surface area contributed by atoms with Crippen molar-refractivity contribution in [3.05, 3.63) is 17.1 Å². The van der Waals surface area contributed by atoms with Crippen molar-refractivity contribution in [3.8, 4) is 0 Å². The van der Waals surface area contributed by atoms with Gasteiger partial charge in [0.05, 0.1) is 9.71 Å². The average Bonchev–Trinajstić information content (AvgIpc) is 2.55. The van der Waals surface area contributed by atoms with E-state index in [1.54, 1.807) is 23.3 Å². The molecule has 0 bridgehead atoms. The molecule has 2 rings (SSSR count). The molecular weight excluding hydrogens is 226 g/mol. The molecular formula is C10H11N3O2S. The third kappa shape index (κ3) is 2.11. The Labute approximate surface area is 96.4 Å². The van der Waals surface area contributed by atoms with Gasteiger partial charge in [-0.15, -0.1) is 11.3 Å². The molecule has 2 heterocycles. The lowest BCUT2D eigenvalue weighted by Gasteiger charge is -2.14. The summed E-state index contributed by atoms with van der Waals surface area (Å²) in [4.78, 5) is 20.7. The highest BCUT2D eigenvalue weighted by molar-refractivity contribution is 7.18. The zero-order chi connectivity index (χ0) is 11.7. The first kappa shape index (κ1) is 10.8. The summed E-state index contributed by atoms with van der Waals surface area (Å²) >= 11 is 1.58. The van der Waals surface area contributed by atoms with Crippen LogP contribution in [0.3, 0.4) is 0 Å². The van der Waals surface area contributed by atoms with Gasteiger partial charge in [-0.25, -0.2) is 9.97 Å². The molecule has 0 saturated carbocycles. The van der Waals surface area contributed by atoms with Gasteiger partial charge in [-0.2, -0.15) is 0 Å². The van der Waals surface area contributed by atoms with Crippen LogP contribution in [0.25, 0.3) is 10.3 Å². The van der Waals surface area contributed by atoms with Crippen molar-refractivity contribution in [2.45, 2.75) is 6.92 Å². The van der Waals surface area contributed by atoms with E-state index >= 15 is 0 Å². The van der Waals surface area contributed by atoms with E-state index in [-0.39, 0.29) is 6.54 Å². The summed E-state index contributed by atoms with van der Waals surface area (Å²) in [5.41, 5.74) is 0.678. The molecule has 0 spiro atoms. The Morgan fingerprint density at radius 2 is 2.25 bits per heavy atom. The lowest BCUT2D eigenvalue weighted by Crippen LogP contribution is -2.25. The van der Waals surface area contributed by atoms with E-state index < -0.39 is 5.97 Å². The second kappa shape index (κ2) is 4.05. The number of hydrogen-bond acceptors (Lipinski definition) is 5. The maximum absolute atomic E-state index is 10.6. The van der Waals surface area contributed by atoms with Crippen LogP contribution in [0.2, 0.25) is 0 Å². The highest BCUT2D eigenvalue weighted by atomic mass is 32.1. The number of pyridine rings is 1. The fourth-order valence-corrected chi connectivity index (χ4v) is 2.18. The van der Waals surface area contributed by atoms with Crippen molar-refractivity contribution in [2.75, 3.05) is 18.5 Å². The SMILES string of the molecule is Cc1nc2nc(N(C)CC(=O)O)ccc2s1. The van der Waals surface area contributed by atoms with Gasteiger partial charge < -0.3 is 10.0 Å². The van der Waals surface area contributed by atoms with Crippen LogP contribution >= 0.6 is 11.3 Å². The number of aromatic nitrogens is 2. The lowest BCUT2D eigenvalue weighted by molar-refractivity contribution is -0.135. The van der Waals surface area contributed by atoms with E-state index in [1.807, 2.05) is 19.1 Å². The first-order valence-corrected chi connectivity index (χ1v) is 5.55. The Bertz CT molecular complexity index is 538. The van der Waals surface area contributed by atoms with Gasteiger partial charge in [-0.1, -0.05) is 0 Å². The minimum absolute atomic E-state index is 0.0678. The maximum atomic E-state index is 10.6. The first-order valence-electron chi connectivity index (χ1n) is 4.73. The number of aryl methyl sites for hydroxylation is 1. The number of carboxylic acid groups (broad SMARTS) is 1. The third-order valence-corrected chi connectivity index (χ3v) is 3.03. The van der Waals surface area contributed by atoms with E-state index in [0.29, 0.717) is 11.5 Å². The van der Waals surface area contributed by atoms with Crippen molar-refractivity contribution in [1.29, 1.82) is 0 Å². The number of carboxylic acids is 1. The predicted molar refractivity (Wildman–Crippen MR) is 63.1 cm³/mol. The van der Waals surface area contributed by atoms with Gasteiger partial charge in [0.2, 0.25) is 0 Å². The minimum Gasteiger partial charge on any atom is -0.480 e. The van der Waals surface area contributed by atoms with Crippen LogP contribution < -0.4 is 4.90 Å². The highest BCUT2D eigenvalue weighted by Crippen LogP contribution is 2.22. The zero-order valence-corrected chi connectivity index (χ0v) is 9.78. The summed E-state index contributed by atoms with van der Waals surface area (Å²) in [7, 11) is 1.70. The van der Waals surface area contributed by atoms with Crippen LogP contribution in [-0.4, -0.2) is 34.6 Å². The molecule has 0 aromatic carbocycles. The molecule has 2 aromatic rings. The molecule has 5 nitrogen and oxygen atoms in total. The molecule has 6 heteroatoms. The van der Waals surface area contributed by atoms with Gasteiger partial charge in [-0.05, 0) is 19.1 Å². The largest absolute Gasteiger partial charge is 0.480 e. The summed E-state index contributed by atoms with van der Waals surface area (Å²) in [5, 5.41) is 9.64. The Morgan fingerprint density at radius 1 is 1.50 bits per heavy atom.